The van der Waals surface area contributed by atoms with Gasteiger partial charge in [0, 0.05) is 18.2 Å². The summed E-state index contributed by atoms with van der Waals surface area (Å²) in [5.41, 5.74) is 1.96. The smallest absolute Gasteiger partial charge is 0.254 e. The molecular weight excluding hydrogens is 246 g/mol. The molecule has 3 heterocycles. The molecule has 0 spiro atoms. The zero-order valence-corrected chi connectivity index (χ0v) is 10.4. The van der Waals surface area contributed by atoms with Crippen molar-refractivity contribution in [2.75, 3.05) is 13.7 Å². The fourth-order valence-electron chi connectivity index (χ4n) is 2.05. The minimum Gasteiger partial charge on any atom is -0.480 e. The second-order valence-electron chi connectivity index (χ2n) is 4.23. The lowest BCUT2D eigenvalue weighted by Crippen LogP contribution is -2.31. The van der Waals surface area contributed by atoms with Gasteiger partial charge in [-0.25, -0.2) is 4.98 Å². The molecule has 7 heteroatoms. The van der Waals surface area contributed by atoms with Crippen LogP contribution in [0.5, 0.6) is 5.88 Å². The fourth-order valence-corrected chi connectivity index (χ4v) is 2.05. The Morgan fingerprint density at radius 2 is 2.21 bits per heavy atom. The number of H-pyrrole nitrogens is 1. The van der Waals surface area contributed by atoms with Crippen molar-refractivity contribution in [2.24, 2.45) is 0 Å². The van der Waals surface area contributed by atoms with Crippen LogP contribution in [0, 0.1) is 0 Å². The van der Waals surface area contributed by atoms with Gasteiger partial charge in [-0.1, -0.05) is 0 Å². The van der Waals surface area contributed by atoms with Crippen LogP contribution in [0.25, 0.3) is 11.5 Å². The second kappa shape index (κ2) is 4.77. The molecule has 0 saturated carbocycles. The number of aromatic nitrogens is 4. The van der Waals surface area contributed by atoms with Gasteiger partial charge in [0.15, 0.2) is 5.82 Å². The van der Waals surface area contributed by atoms with E-state index in [4.69, 9.17) is 4.74 Å². The van der Waals surface area contributed by atoms with Crippen LogP contribution in [0.15, 0.2) is 16.9 Å². The Morgan fingerprint density at radius 1 is 1.32 bits per heavy atom. The molecular formula is C12H13N5O2. The normalized spacial score (nSPS) is 13.9. The number of hydrogen-bond acceptors (Lipinski definition) is 6. The third-order valence-corrected chi connectivity index (χ3v) is 3.04. The molecule has 1 aliphatic rings. The molecule has 0 fully saturated rings. The molecule has 2 aromatic heterocycles. The van der Waals surface area contributed by atoms with Crippen LogP contribution < -0.4 is 15.6 Å². The highest BCUT2D eigenvalue weighted by atomic mass is 16.5. The number of hydrogen-bond donors (Lipinski definition) is 2. The standard InChI is InChI=1S/C12H13N5O2/c1-19-10-3-2-8(16-17-10)11-14-9-6-13-5-4-7(9)12(18)15-11/h2-3,13H,4-6H2,1H3,(H,14,15,18). The Kier molecular flexibility index (Phi) is 2.96. The maximum Gasteiger partial charge on any atom is 0.254 e. The minimum absolute atomic E-state index is 0.0980. The highest BCUT2D eigenvalue weighted by Crippen LogP contribution is 2.15. The summed E-state index contributed by atoms with van der Waals surface area (Å²) in [6, 6.07) is 3.40. The van der Waals surface area contributed by atoms with Gasteiger partial charge in [0.25, 0.3) is 5.56 Å². The van der Waals surface area contributed by atoms with Crippen molar-refractivity contribution >= 4 is 0 Å². The van der Waals surface area contributed by atoms with Crippen molar-refractivity contribution in [1.82, 2.24) is 25.5 Å². The Labute approximate surface area is 109 Å². The van der Waals surface area contributed by atoms with E-state index in [1.165, 1.54) is 7.11 Å². The van der Waals surface area contributed by atoms with Crippen molar-refractivity contribution in [3.8, 4) is 17.4 Å². The van der Waals surface area contributed by atoms with E-state index in [1.807, 2.05) is 0 Å². The van der Waals surface area contributed by atoms with Crippen LogP contribution in [0.2, 0.25) is 0 Å². The first kappa shape index (κ1) is 11.8. The number of rotatable bonds is 2. The van der Waals surface area contributed by atoms with E-state index in [-0.39, 0.29) is 5.56 Å². The summed E-state index contributed by atoms with van der Waals surface area (Å²) in [4.78, 5) is 19.2. The van der Waals surface area contributed by atoms with Gasteiger partial charge in [-0.2, -0.15) is 0 Å². The van der Waals surface area contributed by atoms with E-state index in [1.54, 1.807) is 12.1 Å². The number of fused-ring (bicyclic) bond motifs is 1. The van der Waals surface area contributed by atoms with Crippen molar-refractivity contribution in [2.45, 2.75) is 13.0 Å². The molecule has 3 rings (SSSR count). The van der Waals surface area contributed by atoms with Crippen molar-refractivity contribution in [3.05, 3.63) is 33.7 Å². The molecule has 2 N–H and O–H groups in total. The molecule has 98 valence electrons. The predicted molar refractivity (Wildman–Crippen MR) is 67.8 cm³/mol. The Bertz CT molecular complexity index is 650. The molecule has 0 unspecified atom stereocenters. The van der Waals surface area contributed by atoms with Gasteiger partial charge in [0.1, 0.15) is 5.69 Å². The number of ether oxygens (including phenoxy) is 1. The summed E-state index contributed by atoms with van der Waals surface area (Å²) in [5, 5.41) is 11.0. The maximum atomic E-state index is 12.0. The lowest BCUT2D eigenvalue weighted by Gasteiger charge is -2.15. The minimum atomic E-state index is -0.0980. The summed E-state index contributed by atoms with van der Waals surface area (Å²) in [5.74, 6) is 0.855. The fraction of sp³-hybridized carbons (Fsp3) is 0.333. The van der Waals surface area contributed by atoms with Gasteiger partial charge in [-0.15, -0.1) is 10.2 Å². The monoisotopic (exact) mass is 259 g/mol. The quantitative estimate of drug-likeness (QED) is 0.781. The van der Waals surface area contributed by atoms with Crippen LogP contribution in [0.4, 0.5) is 0 Å². The Hall–Kier alpha value is -2.28. The molecule has 0 saturated heterocycles. The first-order valence-corrected chi connectivity index (χ1v) is 5.99. The average Bonchev–Trinajstić information content (AvgIpc) is 2.47. The molecule has 0 aromatic carbocycles. The molecule has 0 radical (unpaired) electrons. The van der Waals surface area contributed by atoms with Gasteiger partial charge in [0.05, 0.1) is 12.8 Å². The molecule has 0 aliphatic carbocycles. The third kappa shape index (κ3) is 2.19. The maximum absolute atomic E-state index is 12.0. The lowest BCUT2D eigenvalue weighted by molar-refractivity contribution is 0.392. The van der Waals surface area contributed by atoms with Crippen molar-refractivity contribution in [1.29, 1.82) is 0 Å². The van der Waals surface area contributed by atoms with E-state index in [0.29, 0.717) is 30.4 Å². The first-order chi connectivity index (χ1) is 9.28. The zero-order chi connectivity index (χ0) is 13.2. The number of methoxy groups -OCH3 is 1. The second-order valence-corrected chi connectivity index (χ2v) is 4.23. The molecule has 2 aromatic rings. The number of aromatic amines is 1. The van der Waals surface area contributed by atoms with E-state index in [2.05, 4.69) is 25.5 Å². The predicted octanol–water partition coefficient (Wildman–Crippen LogP) is -0.119. The molecule has 0 atom stereocenters. The van der Waals surface area contributed by atoms with Crippen molar-refractivity contribution < 1.29 is 4.74 Å². The largest absolute Gasteiger partial charge is 0.480 e. The highest BCUT2D eigenvalue weighted by Gasteiger charge is 2.16. The van der Waals surface area contributed by atoms with Crippen LogP contribution in [-0.2, 0) is 13.0 Å². The van der Waals surface area contributed by atoms with E-state index in [0.717, 1.165) is 17.8 Å². The lowest BCUT2D eigenvalue weighted by atomic mass is 10.1. The molecule has 1 aliphatic heterocycles. The molecule has 0 amide bonds. The zero-order valence-electron chi connectivity index (χ0n) is 10.4. The van der Waals surface area contributed by atoms with Gasteiger partial charge in [0.2, 0.25) is 5.88 Å². The van der Waals surface area contributed by atoms with E-state index in [9.17, 15) is 4.79 Å². The Balaban J connectivity index is 2.05. The summed E-state index contributed by atoms with van der Waals surface area (Å²) >= 11 is 0. The summed E-state index contributed by atoms with van der Waals surface area (Å²) in [7, 11) is 1.52. The first-order valence-electron chi connectivity index (χ1n) is 5.99. The third-order valence-electron chi connectivity index (χ3n) is 3.04. The van der Waals surface area contributed by atoms with Crippen LogP contribution in [0.3, 0.4) is 0 Å². The molecule has 7 nitrogen and oxygen atoms in total. The average molecular weight is 259 g/mol. The van der Waals surface area contributed by atoms with Gasteiger partial charge >= 0.3 is 0 Å². The van der Waals surface area contributed by atoms with Crippen molar-refractivity contribution in [3.63, 3.8) is 0 Å². The van der Waals surface area contributed by atoms with E-state index < -0.39 is 0 Å². The Morgan fingerprint density at radius 3 is 2.95 bits per heavy atom. The SMILES string of the molecule is COc1ccc(-c2nc3c(c(=O)[nH]2)CCNC3)nn1. The summed E-state index contributed by atoms with van der Waals surface area (Å²) < 4.78 is 4.94. The summed E-state index contributed by atoms with van der Waals surface area (Å²) in [6.45, 7) is 1.41. The van der Waals surface area contributed by atoms with Crippen LogP contribution >= 0.6 is 0 Å². The van der Waals surface area contributed by atoms with Gasteiger partial charge in [-0.05, 0) is 19.0 Å². The van der Waals surface area contributed by atoms with Crippen LogP contribution in [0.1, 0.15) is 11.3 Å². The van der Waals surface area contributed by atoms with E-state index >= 15 is 0 Å². The highest BCUT2D eigenvalue weighted by molar-refractivity contribution is 5.49. The van der Waals surface area contributed by atoms with Crippen LogP contribution in [-0.4, -0.2) is 33.8 Å². The number of nitrogens with one attached hydrogen (secondary N) is 2. The molecule has 19 heavy (non-hydrogen) atoms. The molecule has 0 bridgehead atoms. The topological polar surface area (TPSA) is 92.8 Å². The van der Waals surface area contributed by atoms with Gasteiger partial charge in [-0.3, -0.25) is 4.79 Å². The number of nitrogens with zero attached hydrogens (tertiary/aromatic N) is 3. The summed E-state index contributed by atoms with van der Waals surface area (Å²) in [6.07, 6.45) is 0.701. The van der Waals surface area contributed by atoms with Gasteiger partial charge < -0.3 is 15.0 Å².